The number of aryl methyl sites for hydroxylation is 1. The molecule has 1 heterocycles. The van der Waals surface area contributed by atoms with Gasteiger partial charge in [0.2, 0.25) is 0 Å². The van der Waals surface area contributed by atoms with E-state index in [0.29, 0.717) is 23.2 Å². The Morgan fingerprint density at radius 3 is 3.11 bits per heavy atom. The Morgan fingerprint density at radius 2 is 2.39 bits per heavy atom. The smallest absolute Gasteiger partial charge is 0.251 e. The van der Waals surface area contributed by atoms with Crippen molar-refractivity contribution in [2.75, 3.05) is 13.1 Å². The molecule has 1 aliphatic heterocycles. The first-order chi connectivity index (χ1) is 8.66. The van der Waals surface area contributed by atoms with Crippen LogP contribution in [0.3, 0.4) is 0 Å². The lowest BCUT2D eigenvalue weighted by Crippen LogP contribution is -2.30. The zero-order chi connectivity index (χ0) is 13.0. The molecule has 0 saturated carbocycles. The normalized spacial score (nSPS) is 18.9. The molecular weight excluding hydrogens is 248 g/mol. The first kappa shape index (κ1) is 13.4. The molecule has 0 unspecified atom stereocenters. The van der Waals surface area contributed by atoms with Crippen LogP contribution in [0.15, 0.2) is 18.2 Å². The van der Waals surface area contributed by atoms with Crippen LogP contribution in [0.4, 0.5) is 0 Å². The lowest BCUT2D eigenvalue weighted by molar-refractivity contribution is 0.0951. The average molecular weight is 267 g/mol. The van der Waals surface area contributed by atoms with Gasteiger partial charge in [-0.1, -0.05) is 17.7 Å². The number of hydrogen-bond donors (Lipinski definition) is 2. The first-order valence-electron chi connectivity index (χ1n) is 6.44. The van der Waals surface area contributed by atoms with E-state index in [1.807, 2.05) is 13.0 Å². The number of amides is 1. The van der Waals surface area contributed by atoms with Gasteiger partial charge in [0, 0.05) is 23.2 Å². The molecule has 2 rings (SSSR count). The summed E-state index contributed by atoms with van der Waals surface area (Å²) in [6, 6.07) is 5.96. The summed E-state index contributed by atoms with van der Waals surface area (Å²) in [6.45, 7) is 3.73. The van der Waals surface area contributed by atoms with Crippen LogP contribution in [-0.4, -0.2) is 25.0 Å². The largest absolute Gasteiger partial charge is 0.352 e. The summed E-state index contributed by atoms with van der Waals surface area (Å²) in [6.07, 6.45) is 3.45. The molecule has 1 atom stereocenters. The van der Waals surface area contributed by atoms with Crippen LogP contribution in [0.5, 0.6) is 0 Å². The highest BCUT2D eigenvalue weighted by molar-refractivity contribution is 6.31. The lowest BCUT2D eigenvalue weighted by atomic mass is 10.1. The van der Waals surface area contributed by atoms with Crippen LogP contribution in [0, 0.1) is 6.92 Å². The van der Waals surface area contributed by atoms with E-state index < -0.39 is 0 Å². The van der Waals surface area contributed by atoms with Gasteiger partial charge in [-0.25, -0.2) is 0 Å². The van der Waals surface area contributed by atoms with Gasteiger partial charge in [-0.05, 0) is 50.4 Å². The molecule has 1 aliphatic rings. The van der Waals surface area contributed by atoms with E-state index in [1.165, 1.54) is 12.8 Å². The molecule has 1 saturated heterocycles. The summed E-state index contributed by atoms with van der Waals surface area (Å²) in [7, 11) is 0. The van der Waals surface area contributed by atoms with Crippen molar-refractivity contribution in [3.63, 3.8) is 0 Å². The van der Waals surface area contributed by atoms with Gasteiger partial charge in [0.25, 0.3) is 5.91 Å². The Kier molecular flexibility index (Phi) is 4.61. The van der Waals surface area contributed by atoms with Crippen molar-refractivity contribution < 1.29 is 4.79 Å². The van der Waals surface area contributed by atoms with E-state index in [2.05, 4.69) is 10.6 Å². The molecule has 0 aliphatic carbocycles. The molecule has 0 spiro atoms. The fourth-order valence-corrected chi connectivity index (χ4v) is 2.47. The SMILES string of the molecule is Cc1ccc(Cl)cc1C(=O)NCC[C@H]1CCCN1. The molecule has 3 nitrogen and oxygen atoms in total. The quantitative estimate of drug-likeness (QED) is 0.879. The van der Waals surface area contributed by atoms with Crippen molar-refractivity contribution >= 4 is 17.5 Å². The Bertz CT molecular complexity index is 428. The molecule has 1 aromatic carbocycles. The molecule has 1 aromatic rings. The van der Waals surface area contributed by atoms with Crippen molar-refractivity contribution in [3.8, 4) is 0 Å². The molecule has 18 heavy (non-hydrogen) atoms. The van der Waals surface area contributed by atoms with E-state index >= 15 is 0 Å². The number of rotatable bonds is 4. The van der Waals surface area contributed by atoms with E-state index in [-0.39, 0.29) is 5.91 Å². The lowest BCUT2D eigenvalue weighted by Gasteiger charge is -2.11. The zero-order valence-corrected chi connectivity index (χ0v) is 11.4. The standard InChI is InChI=1S/C14H19ClN2O/c1-10-4-5-11(15)9-13(10)14(18)17-8-6-12-3-2-7-16-12/h4-5,9,12,16H,2-3,6-8H2,1H3,(H,17,18)/t12-/m1/s1. The van der Waals surface area contributed by atoms with Gasteiger partial charge < -0.3 is 10.6 Å². The van der Waals surface area contributed by atoms with Crippen LogP contribution in [0.2, 0.25) is 5.02 Å². The van der Waals surface area contributed by atoms with Crippen molar-refractivity contribution in [2.24, 2.45) is 0 Å². The first-order valence-corrected chi connectivity index (χ1v) is 6.82. The topological polar surface area (TPSA) is 41.1 Å². The number of benzene rings is 1. The summed E-state index contributed by atoms with van der Waals surface area (Å²) in [5.74, 6) is -0.0343. The number of carbonyl (C=O) groups is 1. The van der Waals surface area contributed by atoms with Crippen molar-refractivity contribution in [3.05, 3.63) is 34.3 Å². The number of carbonyl (C=O) groups excluding carboxylic acids is 1. The zero-order valence-electron chi connectivity index (χ0n) is 10.6. The molecule has 2 N–H and O–H groups in total. The molecule has 0 radical (unpaired) electrons. The van der Waals surface area contributed by atoms with Crippen LogP contribution < -0.4 is 10.6 Å². The van der Waals surface area contributed by atoms with Crippen LogP contribution >= 0.6 is 11.6 Å². The second-order valence-electron chi connectivity index (χ2n) is 4.80. The minimum absolute atomic E-state index is 0.0343. The third-order valence-corrected chi connectivity index (χ3v) is 3.62. The average Bonchev–Trinajstić information content (AvgIpc) is 2.85. The van der Waals surface area contributed by atoms with Gasteiger partial charge in [0.15, 0.2) is 0 Å². The maximum Gasteiger partial charge on any atom is 0.251 e. The second-order valence-corrected chi connectivity index (χ2v) is 5.23. The van der Waals surface area contributed by atoms with Gasteiger partial charge in [-0.15, -0.1) is 0 Å². The molecule has 4 heteroatoms. The molecule has 1 fully saturated rings. The summed E-state index contributed by atoms with van der Waals surface area (Å²) < 4.78 is 0. The Labute approximate surface area is 113 Å². The molecule has 0 aromatic heterocycles. The second kappa shape index (κ2) is 6.21. The number of hydrogen-bond acceptors (Lipinski definition) is 2. The summed E-state index contributed by atoms with van der Waals surface area (Å²) in [5.41, 5.74) is 1.62. The van der Waals surface area contributed by atoms with Crippen LogP contribution in [0.1, 0.15) is 35.2 Å². The predicted octanol–water partition coefficient (Wildman–Crippen LogP) is 2.52. The van der Waals surface area contributed by atoms with E-state index in [1.54, 1.807) is 12.1 Å². The Hall–Kier alpha value is -1.06. The summed E-state index contributed by atoms with van der Waals surface area (Å²) in [5, 5.41) is 6.97. The van der Waals surface area contributed by atoms with Gasteiger partial charge >= 0.3 is 0 Å². The molecule has 98 valence electrons. The Morgan fingerprint density at radius 1 is 1.56 bits per heavy atom. The van der Waals surface area contributed by atoms with Crippen molar-refractivity contribution in [1.82, 2.24) is 10.6 Å². The van der Waals surface area contributed by atoms with Crippen molar-refractivity contribution in [2.45, 2.75) is 32.2 Å². The molecular formula is C14H19ClN2O. The molecule has 0 bridgehead atoms. The predicted molar refractivity (Wildman–Crippen MR) is 74.2 cm³/mol. The van der Waals surface area contributed by atoms with E-state index in [4.69, 9.17) is 11.6 Å². The molecule has 1 amide bonds. The van der Waals surface area contributed by atoms with E-state index in [0.717, 1.165) is 18.5 Å². The maximum absolute atomic E-state index is 12.0. The van der Waals surface area contributed by atoms with Gasteiger partial charge in [-0.3, -0.25) is 4.79 Å². The van der Waals surface area contributed by atoms with Crippen LogP contribution in [-0.2, 0) is 0 Å². The fourth-order valence-electron chi connectivity index (χ4n) is 2.30. The maximum atomic E-state index is 12.0. The summed E-state index contributed by atoms with van der Waals surface area (Å²) >= 11 is 5.91. The van der Waals surface area contributed by atoms with Gasteiger partial charge in [0.05, 0.1) is 0 Å². The fraction of sp³-hybridized carbons (Fsp3) is 0.500. The minimum Gasteiger partial charge on any atom is -0.352 e. The number of halogens is 1. The number of nitrogens with one attached hydrogen (secondary N) is 2. The minimum atomic E-state index is -0.0343. The Balaban J connectivity index is 1.85. The van der Waals surface area contributed by atoms with Gasteiger partial charge in [-0.2, -0.15) is 0 Å². The highest BCUT2D eigenvalue weighted by atomic mass is 35.5. The third-order valence-electron chi connectivity index (χ3n) is 3.38. The monoisotopic (exact) mass is 266 g/mol. The van der Waals surface area contributed by atoms with Gasteiger partial charge in [0.1, 0.15) is 0 Å². The van der Waals surface area contributed by atoms with E-state index in [9.17, 15) is 4.79 Å². The summed E-state index contributed by atoms with van der Waals surface area (Å²) in [4.78, 5) is 12.0. The highest BCUT2D eigenvalue weighted by Gasteiger charge is 2.14. The highest BCUT2D eigenvalue weighted by Crippen LogP contribution is 2.15. The van der Waals surface area contributed by atoms with Crippen LogP contribution in [0.25, 0.3) is 0 Å². The third kappa shape index (κ3) is 3.47. The van der Waals surface area contributed by atoms with Crippen molar-refractivity contribution in [1.29, 1.82) is 0 Å².